The molecule has 186 valence electrons. The molecule has 0 spiro atoms. The van der Waals surface area contributed by atoms with E-state index >= 15 is 0 Å². The normalized spacial score (nSPS) is 16.6. The van der Waals surface area contributed by atoms with Gasteiger partial charge in [0.2, 0.25) is 5.91 Å². The van der Waals surface area contributed by atoms with E-state index in [1.165, 1.54) is 0 Å². The number of nitrogens with one attached hydrogen (secondary N) is 1. The Morgan fingerprint density at radius 3 is 2.46 bits per heavy atom. The number of nitrogens with zero attached hydrogens (tertiary/aromatic N) is 1. The Morgan fingerprint density at radius 1 is 1.14 bits per heavy atom. The maximum absolute atomic E-state index is 13.8. The van der Waals surface area contributed by atoms with Gasteiger partial charge in [-0.1, -0.05) is 36.7 Å². The summed E-state index contributed by atoms with van der Waals surface area (Å²) in [4.78, 5) is 24.7. The van der Waals surface area contributed by atoms with E-state index < -0.39 is 29.9 Å². The second-order valence-electron chi connectivity index (χ2n) is 9.32. The third-order valence-corrected chi connectivity index (χ3v) is 7.16. The Balaban J connectivity index is 1.68. The molecule has 0 radical (unpaired) electrons. The molecule has 5 nitrogen and oxygen atoms in total. The molecule has 9 heteroatoms. The van der Waals surface area contributed by atoms with Gasteiger partial charge in [-0.2, -0.15) is 13.2 Å². The van der Waals surface area contributed by atoms with Crippen LogP contribution in [0.2, 0.25) is 5.02 Å². The van der Waals surface area contributed by atoms with Gasteiger partial charge in [-0.05, 0) is 65.5 Å². The molecule has 35 heavy (non-hydrogen) atoms. The standard InChI is InChI=1S/C26H26ClF3N2O3/c1-14(26(28,29)30)24(18-6-5-16-9-10-32(2)22(16)12-18)25(35)31-21-11-17(7-8-20(21)27)19(13-23(33)34)15-3-4-15/h5-12,14-15,19,24H,3-4,13H2,1-2H3,(H,31,35)(H,33,34)/t14-,19+,24+/m1/s1. The van der Waals surface area contributed by atoms with Crippen LogP contribution in [0.5, 0.6) is 0 Å². The van der Waals surface area contributed by atoms with Crippen molar-refractivity contribution in [2.75, 3.05) is 5.32 Å². The molecule has 1 aliphatic carbocycles. The summed E-state index contributed by atoms with van der Waals surface area (Å²) in [6.07, 6.45) is -1.04. The summed E-state index contributed by atoms with van der Waals surface area (Å²) in [6, 6.07) is 11.5. The van der Waals surface area contributed by atoms with Crippen LogP contribution >= 0.6 is 11.6 Å². The van der Waals surface area contributed by atoms with Gasteiger partial charge in [0, 0.05) is 18.8 Å². The first-order valence-electron chi connectivity index (χ1n) is 11.4. The SMILES string of the molecule is C[C@H]([C@H](C(=O)Nc1cc([C@@H](CC(=O)O)C2CC2)ccc1Cl)c1ccc2ccn(C)c2c1)C(F)(F)F. The predicted octanol–water partition coefficient (Wildman–Crippen LogP) is 6.72. The summed E-state index contributed by atoms with van der Waals surface area (Å²) in [6.45, 7) is 0.994. The van der Waals surface area contributed by atoms with E-state index in [1.807, 2.05) is 6.07 Å². The van der Waals surface area contributed by atoms with Crippen molar-refractivity contribution in [2.45, 2.75) is 44.2 Å². The summed E-state index contributed by atoms with van der Waals surface area (Å²) in [5.41, 5.74) is 1.83. The van der Waals surface area contributed by atoms with E-state index in [0.717, 1.165) is 30.7 Å². The van der Waals surface area contributed by atoms with Crippen LogP contribution in [0.1, 0.15) is 49.1 Å². The fourth-order valence-electron chi connectivity index (χ4n) is 4.65. The average Bonchev–Trinajstić information content (AvgIpc) is 3.56. The largest absolute Gasteiger partial charge is 0.481 e. The molecule has 4 rings (SSSR count). The zero-order valence-electron chi connectivity index (χ0n) is 19.3. The van der Waals surface area contributed by atoms with Gasteiger partial charge >= 0.3 is 12.1 Å². The Bertz CT molecular complexity index is 1270. The number of carboxylic acid groups (broad SMARTS) is 1. The Kier molecular flexibility index (Phi) is 6.86. The van der Waals surface area contributed by atoms with E-state index in [-0.39, 0.29) is 34.5 Å². The Hall–Kier alpha value is -3.00. The number of carbonyl (C=O) groups excluding carboxylic acids is 1. The molecule has 0 saturated heterocycles. The van der Waals surface area contributed by atoms with E-state index in [0.29, 0.717) is 5.56 Å². The number of carboxylic acids is 1. The van der Waals surface area contributed by atoms with Crippen LogP contribution in [0.15, 0.2) is 48.7 Å². The van der Waals surface area contributed by atoms with Crippen molar-refractivity contribution < 1.29 is 27.9 Å². The van der Waals surface area contributed by atoms with Crippen molar-refractivity contribution >= 4 is 40.1 Å². The highest BCUT2D eigenvalue weighted by Gasteiger charge is 2.45. The van der Waals surface area contributed by atoms with Crippen molar-refractivity contribution in [1.82, 2.24) is 4.57 Å². The van der Waals surface area contributed by atoms with Crippen molar-refractivity contribution in [3.05, 3.63) is 64.8 Å². The van der Waals surface area contributed by atoms with Gasteiger partial charge in [-0.3, -0.25) is 9.59 Å². The van der Waals surface area contributed by atoms with Crippen LogP contribution in [0.25, 0.3) is 10.9 Å². The lowest BCUT2D eigenvalue weighted by atomic mass is 9.85. The van der Waals surface area contributed by atoms with E-state index in [4.69, 9.17) is 11.6 Å². The van der Waals surface area contributed by atoms with Crippen molar-refractivity contribution in [2.24, 2.45) is 18.9 Å². The van der Waals surface area contributed by atoms with Gasteiger partial charge in [0.15, 0.2) is 0 Å². The lowest BCUT2D eigenvalue weighted by Gasteiger charge is -2.26. The molecule has 0 aliphatic heterocycles. The van der Waals surface area contributed by atoms with Crippen LogP contribution < -0.4 is 5.32 Å². The molecule has 3 atom stereocenters. The fraction of sp³-hybridized carbons (Fsp3) is 0.385. The molecule has 0 bridgehead atoms. The third kappa shape index (κ3) is 5.48. The molecule has 1 aromatic heterocycles. The van der Waals surface area contributed by atoms with Crippen LogP contribution in [0.3, 0.4) is 0 Å². The summed E-state index contributed by atoms with van der Waals surface area (Å²) >= 11 is 6.29. The average molecular weight is 507 g/mol. The number of aliphatic carboxylic acids is 1. The number of halogens is 4. The first kappa shape index (κ1) is 25.1. The minimum atomic E-state index is -4.60. The highest BCUT2D eigenvalue weighted by atomic mass is 35.5. The van der Waals surface area contributed by atoms with Gasteiger partial charge in [-0.15, -0.1) is 0 Å². The van der Waals surface area contributed by atoms with Gasteiger partial charge in [0.1, 0.15) is 0 Å². The van der Waals surface area contributed by atoms with Crippen LogP contribution in [-0.4, -0.2) is 27.7 Å². The number of aromatic nitrogens is 1. The maximum atomic E-state index is 13.8. The van der Waals surface area contributed by atoms with Crippen molar-refractivity contribution in [3.63, 3.8) is 0 Å². The second-order valence-corrected chi connectivity index (χ2v) is 9.73. The smallest absolute Gasteiger partial charge is 0.392 e. The van der Waals surface area contributed by atoms with E-state index in [1.54, 1.807) is 54.2 Å². The number of fused-ring (bicyclic) bond motifs is 1. The predicted molar refractivity (Wildman–Crippen MR) is 129 cm³/mol. The number of benzene rings is 2. The minimum absolute atomic E-state index is 0.0654. The number of amides is 1. The lowest BCUT2D eigenvalue weighted by molar-refractivity contribution is -0.178. The third-order valence-electron chi connectivity index (χ3n) is 6.83. The highest BCUT2D eigenvalue weighted by Crippen LogP contribution is 2.46. The van der Waals surface area contributed by atoms with Gasteiger partial charge < -0.3 is 15.0 Å². The molecule has 2 N–H and O–H groups in total. The van der Waals surface area contributed by atoms with Gasteiger partial charge in [0.05, 0.1) is 29.0 Å². The summed E-state index contributed by atoms with van der Waals surface area (Å²) in [5, 5.41) is 12.9. The van der Waals surface area contributed by atoms with Crippen LogP contribution in [0.4, 0.5) is 18.9 Å². The number of hydrogen-bond donors (Lipinski definition) is 2. The summed E-state index contributed by atoms with van der Waals surface area (Å²) in [7, 11) is 1.78. The molecule has 1 amide bonds. The molecule has 2 aromatic carbocycles. The second kappa shape index (κ2) is 9.57. The fourth-order valence-corrected chi connectivity index (χ4v) is 4.82. The molecule has 1 aliphatic rings. The minimum Gasteiger partial charge on any atom is -0.481 e. The van der Waals surface area contributed by atoms with Crippen LogP contribution in [-0.2, 0) is 16.6 Å². The summed E-state index contributed by atoms with van der Waals surface area (Å²) < 4.78 is 43.2. The number of alkyl halides is 3. The number of carbonyl (C=O) groups is 2. The zero-order valence-corrected chi connectivity index (χ0v) is 20.0. The number of aryl methyl sites for hydroxylation is 1. The molecule has 1 heterocycles. The first-order chi connectivity index (χ1) is 16.5. The topological polar surface area (TPSA) is 71.3 Å². The van der Waals surface area contributed by atoms with Crippen molar-refractivity contribution in [1.29, 1.82) is 0 Å². The molecule has 1 saturated carbocycles. The molecule has 3 aromatic rings. The first-order valence-corrected chi connectivity index (χ1v) is 11.8. The summed E-state index contributed by atoms with van der Waals surface area (Å²) in [5.74, 6) is -5.24. The van der Waals surface area contributed by atoms with Gasteiger partial charge in [0.25, 0.3) is 0 Å². The van der Waals surface area contributed by atoms with Gasteiger partial charge in [-0.25, -0.2) is 0 Å². The van der Waals surface area contributed by atoms with Crippen LogP contribution in [0, 0.1) is 11.8 Å². The number of rotatable bonds is 8. The Labute approximate surface area is 205 Å². The lowest BCUT2D eigenvalue weighted by Crippen LogP contribution is -2.34. The Morgan fingerprint density at radius 2 is 1.83 bits per heavy atom. The molecular weight excluding hydrogens is 481 g/mol. The quantitative estimate of drug-likeness (QED) is 0.356. The zero-order chi connectivity index (χ0) is 25.5. The molecular formula is C26H26ClF3N2O3. The number of hydrogen-bond acceptors (Lipinski definition) is 2. The van der Waals surface area contributed by atoms with Crippen molar-refractivity contribution in [3.8, 4) is 0 Å². The van der Waals surface area contributed by atoms with E-state index in [2.05, 4.69) is 5.32 Å². The monoisotopic (exact) mass is 506 g/mol. The maximum Gasteiger partial charge on any atom is 0.392 e. The number of anilines is 1. The highest BCUT2D eigenvalue weighted by molar-refractivity contribution is 6.33. The molecule has 1 fully saturated rings. The molecule has 0 unspecified atom stereocenters. The van der Waals surface area contributed by atoms with E-state index in [9.17, 15) is 27.9 Å².